The van der Waals surface area contributed by atoms with Crippen LogP contribution in [-0.2, 0) is 93.0 Å². The molecule has 1 fully saturated rings. The number of nitrogens with zero attached hydrogens (tertiary/aromatic N) is 2. The lowest BCUT2D eigenvalue weighted by atomic mass is 9.85. The lowest BCUT2D eigenvalue weighted by Gasteiger charge is -2.33. The van der Waals surface area contributed by atoms with Gasteiger partial charge in [-0.1, -0.05) is 90.1 Å². The summed E-state index contributed by atoms with van der Waals surface area (Å²) in [5, 5.41) is 45.1. The quantitative estimate of drug-likeness (QED) is 0.0198. The first-order chi connectivity index (χ1) is 48.8. The van der Waals surface area contributed by atoms with Crippen LogP contribution < -0.4 is 53.6 Å². The van der Waals surface area contributed by atoms with Crippen molar-refractivity contribution in [1.29, 1.82) is 0 Å². The fourth-order valence-corrected chi connectivity index (χ4v) is 13.2. The van der Waals surface area contributed by atoms with Crippen molar-refractivity contribution in [2.24, 2.45) is 17.1 Å². The predicted octanol–water partition coefficient (Wildman–Crippen LogP) is 3.18. The third-order valence-corrected chi connectivity index (χ3v) is 19.4. The number of pyridine rings is 1. The van der Waals surface area contributed by atoms with Crippen molar-refractivity contribution in [3.05, 3.63) is 125 Å². The van der Waals surface area contributed by atoms with Gasteiger partial charge in [0.15, 0.2) is 0 Å². The molecule has 3 heterocycles. The van der Waals surface area contributed by atoms with Crippen molar-refractivity contribution in [3.63, 3.8) is 0 Å². The van der Waals surface area contributed by atoms with Crippen LogP contribution in [0.25, 0.3) is 11.0 Å². The van der Waals surface area contributed by atoms with Crippen LogP contribution in [0.5, 0.6) is 11.5 Å². The maximum Gasteiger partial charge on any atom is 0.246 e. The number of rotatable bonds is 39. The van der Waals surface area contributed by atoms with Crippen LogP contribution in [0.15, 0.2) is 97.3 Å². The first-order valence-corrected chi connectivity index (χ1v) is 36.6. The number of aromatic hydroxyl groups is 2. The van der Waals surface area contributed by atoms with Crippen LogP contribution in [0.1, 0.15) is 122 Å². The number of carbonyl (C=O) groups excluding carboxylic acids is 12. The summed E-state index contributed by atoms with van der Waals surface area (Å²) < 4.78 is 5.04. The predicted molar refractivity (Wildman–Crippen MR) is 391 cm³/mol. The van der Waals surface area contributed by atoms with Crippen molar-refractivity contribution < 1.29 is 72.5 Å². The van der Waals surface area contributed by atoms with Gasteiger partial charge in [0.25, 0.3) is 0 Å². The molecule has 28 nitrogen and oxygen atoms in total. The Labute approximate surface area is 608 Å². The van der Waals surface area contributed by atoms with E-state index in [2.05, 4.69) is 57.8 Å². The number of nitrogens with one attached hydrogen (secondary N) is 10. The third-order valence-electron chi connectivity index (χ3n) is 17.3. The van der Waals surface area contributed by atoms with E-state index in [1.54, 1.807) is 72.1 Å². The molecule has 30 heteroatoms. The summed E-state index contributed by atoms with van der Waals surface area (Å²) in [6.45, 7) is 15.0. The van der Waals surface area contributed by atoms with Crippen LogP contribution >= 0.6 is 23.5 Å². The number of methoxy groups -OCH3 is 1. The number of nitrogens with two attached hydrogens (primary N) is 1. The fourth-order valence-electron chi connectivity index (χ4n) is 11.3. The normalized spacial score (nSPS) is 15.4. The molecule has 0 bridgehead atoms. The minimum atomic E-state index is -1.67. The molecule has 558 valence electrons. The maximum absolute atomic E-state index is 14.4. The number of H-pyrrole nitrogens is 1. The molecular formula is C73H99N13O15S2. The van der Waals surface area contributed by atoms with Gasteiger partial charge in [0.2, 0.25) is 65.0 Å². The highest BCUT2D eigenvalue weighted by Crippen LogP contribution is 2.25. The monoisotopic (exact) mass is 1460 g/mol. The number of primary amides is 1. The number of phenolic OH excluding ortho intramolecular Hbond substituents is 2. The molecule has 1 aliphatic heterocycles. The van der Waals surface area contributed by atoms with Gasteiger partial charge in [-0.05, 0) is 116 Å². The molecule has 9 atom stereocenters. The van der Waals surface area contributed by atoms with Crippen molar-refractivity contribution in [3.8, 4) is 11.5 Å². The van der Waals surface area contributed by atoms with E-state index in [9.17, 15) is 67.7 Å². The fraction of sp³-hybridized carbons (Fsp3) is 0.493. The highest BCUT2D eigenvalue weighted by Gasteiger charge is 2.40. The number of ether oxygens (including phenoxy) is 1. The van der Waals surface area contributed by atoms with E-state index in [1.165, 1.54) is 92.7 Å². The van der Waals surface area contributed by atoms with E-state index in [0.29, 0.717) is 59.0 Å². The minimum Gasteiger partial charge on any atom is -0.508 e. The summed E-state index contributed by atoms with van der Waals surface area (Å²) in [6, 6.07) is 13.2. The molecule has 0 radical (unpaired) electrons. The van der Waals surface area contributed by atoms with Crippen LogP contribution in [-0.4, -0.2) is 188 Å². The summed E-state index contributed by atoms with van der Waals surface area (Å²) in [6.07, 6.45) is 5.27. The Balaban J connectivity index is 0.997. The minimum absolute atomic E-state index is 0.0288. The van der Waals surface area contributed by atoms with Crippen molar-refractivity contribution in [2.75, 3.05) is 31.8 Å². The Bertz CT molecular complexity index is 3770. The molecule has 6 rings (SSSR count). The molecular weight excluding hydrogens is 1360 g/mol. The average molecular weight is 1460 g/mol. The third kappa shape index (κ3) is 25.4. The summed E-state index contributed by atoms with van der Waals surface area (Å²) in [4.78, 5) is 172. The molecule has 0 spiro atoms. The Hall–Kier alpha value is -9.55. The zero-order chi connectivity index (χ0) is 75.7. The molecule has 2 aromatic heterocycles. The van der Waals surface area contributed by atoms with Gasteiger partial charge in [0.1, 0.15) is 77.3 Å². The second kappa shape index (κ2) is 39.2. The number of fused-ring (bicyclic) bond motifs is 1. The topological polar surface area (TPSA) is 421 Å². The van der Waals surface area contributed by atoms with E-state index >= 15 is 0 Å². The zero-order valence-electron chi connectivity index (χ0n) is 60.0. The molecule has 1 unspecified atom stereocenters. The van der Waals surface area contributed by atoms with Crippen LogP contribution in [0.3, 0.4) is 0 Å². The van der Waals surface area contributed by atoms with Crippen LogP contribution in [0.4, 0.5) is 0 Å². The van der Waals surface area contributed by atoms with Gasteiger partial charge in [-0.15, -0.1) is 0 Å². The average Bonchev–Trinajstić information content (AvgIpc) is 1.73. The molecule has 0 aliphatic carbocycles. The number of likely N-dealkylation sites (tertiary alicyclic amines) is 1. The number of aromatic nitrogens is 2. The summed E-state index contributed by atoms with van der Waals surface area (Å²) >= 11 is 2.84. The molecule has 1 aliphatic rings. The highest BCUT2D eigenvalue weighted by atomic mass is 32.2. The second-order valence-corrected chi connectivity index (χ2v) is 29.6. The highest BCUT2D eigenvalue weighted by molar-refractivity contribution is 7.98. The Morgan fingerprint density at radius 3 is 1.84 bits per heavy atom. The first-order valence-electron chi connectivity index (χ1n) is 34.3. The standard InChI is InChI=1S/C73H99N13O15S2/c1-11-53(65(94)82-57(62(74)92)41-103-40-47-16-12-15-46(33-47)39-102-32-28-59(91)83-61(72(5,6)7)69(98)81-56(35-45-21-25-51(89)26-22-45)70(99)86-30-14-17-49(86)38-87)79-68(97)60(42(2)3)84-66(95)54(34-44-19-23-50(88)24-20-44)80-64(93)43(4)77-71(100)73(8,9)85-67(96)55(78-58(90)27-31-101-10)36-48-37-76-63-52(48)18-13-29-75-63/h12-13,15-16,18-26,29,33,37-38,42-43,49,53-57,60-61,88-89H,11,14,17,27-28,30-32,34-36,39-41H2,1-10H3,(H2,74,92)(H,75,76)(H,77,100)(H,78,90)(H,79,97)(H,80,93)(H,81,98)(H,82,94)(H,83,91)(H,84,95)(H,85,96)/t43-,49-,53-,54-,55-,56-,57+,60?,61+/m0/s1. The first kappa shape index (κ1) is 82.4. The van der Waals surface area contributed by atoms with Crippen LogP contribution in [0.2, 0.25) is 0 Å². The number of phenols is 2. The number of hydrogen-bond donors (Lipinski definition) is 13. The molecule has 11 amide bonds. The van der Waals surface area contributed by atoms with Crippen molar-refractivity contribution >= 4 is 106 Å². The van der Waals surface area contributed by atoms with E-state index in [4.69, 9.17) is 10.5 Å². The zero-order valence-corrected chi connectivity index (χ0v) is 61.6. The van der Waals surface area contributed by atoms with Gasteiger partial charge in [0, 0.05) is 86.5 Å². The van der Waals surface area contributed by atoms with Gasteiger partial charge in [-0.3, -0.25) is 52.7 Å². The number of carbonyl (C=O) groups is 12. The molecule has 3 aromatic carbocycles. The number of aldehydes is 1. The summed E-state index contributed by atoms with van der Waals surface area (Å²) in [5.41, 5.74) is 7.67. The van der Waals surface area contributed by atoms with E-state index in [-0.39, 0.29) is 68.3 Å². The smallest absolute Gasteiger partial charge is 0.246 e. The van der Waals surface area contributed by atoms with E-state index in [0.717, 1.165) is 22.8 Å². The number of benzene rings is 3. The SMILES string of the molecule is CC[C@H](NC(=O)C(NC(=O)[C@H](Cc1ccc(O)cc1)NC(=O)[C@H](C)NC(=O)C(C)(C)NC(=O)[C@H](Cc1c[nH]c2ncccc12)NC(=O)CCOC)C(C)C)C(=O)N[C@H](CSCc1cccc(CSCCC(=O)N[C@H](C(=O)N[C@@H](Cc2ccc(O)cc2)C(=O)N2CCC[C@H]2C=O)C(C)(C)C)c1)C(N)=O. The summed E-state index contributed by atoms with van der Waals surface area (Å²) in [7, 11) is 1.44. The number of aromatic amines is 1. The van der Waals surface area contributed by atoms with Gasteiger partial charge in [-0.2, -0.15) is 23.5 Å². The van der Waals surface area contributed by atoms with Crippen LogP contribution in [0, 0.1) is 11.3 Å². The molecule has 103 heavy (non-hydrogen) atoms. The van der Waals surface area contributed by atoms with E-state index < -0.39 is 130 Å². The van der Waals surface area contributed by atoms with Gasteiger partial charge < -0.3 is 83.2 Å². The number of hydrogen-bond acceptors (Lipinski definition) is 18. The van der Waals surface area contributed by atoms with Crippen molar-refractivity contribution in [1.82, 2.24) is 62.7 Å². The van der Waals surface area contributed by atoms with Gasteiger partial charge >= 0.3 is 0 Å². The number of thioether (sulfide) groups is 2. The van der Waals surface area contributed by atoms with Gasteiger partial charge in [-0.25, -0.2) is 4.98 Å². The Morgan fingerprint density at radius 2 is 1.24 bits per heavy atom. The largest absolute Gasteiger partial charge is 0.508 e. The van der Waals surface area contributed by atoms with Crippen molar-refractivity contribution in [2.45, 2.75) is 185 Å². The molecule has 1 saturated heterocycles. The maximum atomic E-state index is 14.4. The van der Waals surface area contributed by atoms with E-state index in [1.807, 2.05) is 30.3 Å². The van der Waals surface area contributed by atoms with Gasteiger partial charge in [0.05, 0.1) is 12.6 Å². The Kier molecular flexibility index (Phi) is 31.4. The second-order valence-electron chi connectivity index (χ2n) is 27.5. The molecule has 14 N–H and O–H groups in total. The Morgan fingerprint density at radius 1 is 0.660 bits per heavy atom. The molecule has 5 aromatic rings. The lowest BCUT2D eigenvalue weighted by Crippen LogP contribution is -2.62. The number of amides is 11. The summed E-state index contributed by atoms with van der Waals surface area (Å²) in [5.74, 6) is -6.36. The molecule has 0 saturated carbocycles. The lowest BCUT2D eigenvalue weighted by molar-refractivity contribution is -0.140.